The van der Waals surface area contributed by atoms with Gasteiger partial charge in [-0.1, -0.05) is 26.2 Å². The molecule has 1 saturated carbocycles. The number of rotatable bonds is 1. The minimum atomic E-state index is 0.604. The monoisotopic (exact) mass is 174 g/mol. The van der Waals surface area contributed by atoms with Gasteiger partial charge in [0.05, 0.1) is 5.56 Å². The molecule has 0 bridgehead atoms. The fourth-order valence-corrected chi connectivity index (χ4v) is 0.955. The van der Waals surface area contributed by atoms with Gasteiger partial charge in [0, 0.05) is 12.4 Å². The third-order valence-corrected chi connectivity index (χ3v) is 2.06. The maximum Gasteiger partial charge on any atom is 0.101 e. The molecule has 0 radical (unpaired) electrons. The predicted octanol–water partition coefficient (Wildman–Crippen LogP) is 2.76. The van der Waals surface area contributed by atoms with E-state index in [1.807, 2.05) is 6.07 Å². The van der Waals surface area contributed by atoms with E-state index in [1.54, 1.807) is 18.3 Å². The summed E-state index contributed by atoms with van der Waals surface area (Å²) in [5.41, 5.74) is 0.604. The Balaban J connectivity index is 0.000000145. The van der Waals surface area contributed by atoms with Crippen LogP contribution in [0.3, 0.4) is 0 Å². The fourth-order valence-electron chi connectivity index (χ4n) is 0.955. The van der Waals surface area contributed by atoms with Crippen LogP contribution in [0.25, 0.3) is 0 Å². The highest BCUT2D eigenvalue weighted by atomic mass is 14.6. The molecular formula is C11H14N2. The topological polar surface area (TPSA) is 36.7 Å². The molecule has 2 rings (SSSR count). The van der Waals surface area contributed by atoms with Crippen LogP contribution in [0.4, 0.5) is 0 Å². The van der Waals surface area contributed by atoms with E-state index in [1.165, 1.54) is 25.5 Å². The maximum absolute atomic E-state index is 8.25. The Hall–Kier alpha value is -1.36. The number of hydrogen-bond acceptors (Lipinski definition) is 2. The number of nitrogens with zero attached hydrogens (tertiary/aromatic N) is 2. The Morgan fingerprint density at radius 3 is 2.62 bits per heavy atom. The lowest BCUT2D eigenvalue weighted by Crippen LogP contribution is -1.72. The van der Waals surface area contributed by atoms with Crippen molar-refractivity contribution in [1.82, 2.24) is 4.98 Å². The van der Waals surface area contributed by atoms with Crippen LogP contribution in [0.5, 0.6) is 0 Å². The van der Waals surface area contributed by atoms with E-state index in [2.05, 4.69) is 11.9 Å². The van der Waals surface area contributed by atoms with Crippen molar-refractivity contribution >= 4 is 0 Å². The van der Waals surface area contributed by atoms with Crippen LogP contribution >= 0.6 is 0 Å². The average molecular weight is 174 g/mol. The summed E-state index contributed by atoms with van der Waals surface area (Å²) < 4.78 is 0. The van der Waals surface area contributed by atoms with Crippen molar-refractivity contribution < 1.29 is 0 Å². The summed E-state index contributed by atoms with van der Waals surface area (Å²) in [6, 6.07) is 5.41. The molecule has 2 heteroatoms. The van der Waals surface area contributed by atoms with Crippen LogP contribution in [0.1, 0.15) is 31.7 Å². The van der Waals surface area contributed by atoms with Crippen LogP contribution in [-0.4, -0.2) is 4.98 Å². The van der Waals surface area contributed by atoms with Gasteiger partial charge < -0.3 is 0 Å². The molecule has 0 unspecified atom stereocenters. The second-order valence-electron chi connectivity index (χ2n) is 3.21. The Labute approximate surface area is 79.2 Å². The molecule has 0 saturated heterocycles. The third-order valence-electron chi connectivity index (χ3n) is 2.06. The first-order valence-electron chi connectivity index (χ1n) is 4.67. The summed E-state index contributed by atoms with van der Waals surface area (Å²) in [7, 11) is 0. The summed E-state index contributed by atoms with van der Waals surface area (Å²) in [5.74, 6) is 1.13. The predicted molar refractivity (Wildman–Crippen MR) is 52.0 cm³/mol. The molecule has 1 heterocycles. The zero-order chi connectivity index (χ0) is 9.52. The van der Waals surface area contributed by atoms with Gasteiger partial charge in [-0.15, -0.1) is 0 Å². The number of pyridine rings is 1. The fraction of sp³-hybridized carbons (Fsp3) is 0.455. The molecule has 0 spiro atoms. The lowest BCUT2D eigenvalue weighted by atomic mass is 10.3. The molecule has 0 atom stereocenters. The molecule has 1 aliphatic carbocycles. The minimum Gasteiger partial charge on any atom is -0.263 e. The summed E-state index contributed by atoms with van der Waals surface area (Å²) >= 11 is 0. The first-order chi connectivity index (χ1) is 6.36. The molecule has 0 aliphatic heterocycles. The normalized spacial score (nSPS) is 13.8. The largest absolute Gasteiger partial charge is 0.263 e. The highest BCUT2D eigenvalue weighted by Crippen LogP contribution is 2.31. The van der Waals surface area contributed by atoms with E-state index in [-0.39, 0.29) is 0 Å². The second kappa shape index (κ2) is 5.31. The number of aromatic nitrogens is 1. The number of hydrogen-bond donors (Lipinski definition) is 0. The van der Waals surface area contributed by atoms with Crippen molar-refractivity contribution in [3.8, 4) is 6.07 Å². The van der Waals surface area contributed by atoms with Gasteiger partial charge in [0.25, 0.3) is 0 Å². The van der Waals surface area contributed by atoms with Gasteiger partial charge in [0.15, 0.2) is 0 Å². The zero-order valence-electron chi connectivity index (χ0n) is 7.90. The minimum absolute atomic E-state index is 0.604. The van der Waals surface area contributed by atoms with Crippen molar-refractivity contribution in [3.05, 3.63) is 30.1 Å². The summed E-state index contributed by atoms with van der Waals surface area (Å²) in [6.45, 7) is 2.26. The lowest BCUT2D eigenvalue weighted by molar-refractivity contribution is 0.799. The molecule has 0 amide bonds. The SMILES string of the molecule is CCC1CC1.N#Cc1cccnc1. The van der Waals surface area contributed by atoms with E-state index in [0.717, 1.165) is 5.92 Å². The summed E-state index contributed by atoms with van der Waals surface area (Å²) in [6.07, 6.45) is 7.60. The summed E-state index contributed by atoms with van der Waals surface area (Å²) in [5, 5.41) is 8.25. The number of nitriles is 1. The smallest absolute Gasteiger partial charge is 0.101 e. The molecule has 1 aliphatic rings. The van der Waals surface area contributed by atoms with Gasteiger partial charge >= 0.3 is 0 Å². The highest BCUT2D eigenvalue weighted by Gasteiger charge is 2.17. The Kier molecular flexibility index (Phi) is 3.98. The molecule has 0 aromatic carbocycles. The van der Waals surface area contributed by atoms with Crippen molar-refractivity contribution in [3.63, 3.8) is 0 Å². The van der Waals surface area contributed by atoms with E-state index in [0.29, 0.717) is 5.56 Å². The van der Waals surface area contributed by atoms with Crippen molar-refractivity contribution in [2.24, 2.45) is 5.92 Å². The molecular weight excluding hydrogens is 160 g/mol. The van der Waals surface area contributed by atoms with Crippen LogP contribution in [0.2, 0.25) is 0 Å². The van der Waals surface area contributed by atoms with Gasteiger partial charge in [0.1, 0.15) is 6.07 Å². The standard InChI is InChI=1S/C6H4N2.C5H10/c7-4-6-2-1-3-8-5-6;1-2-5-3-4-5/h1-3,5H;5H,2-4H2,1H3. The van der Waals surface area contributed by atoms with Crippen LogP contribution in [-0.2, 0) is 0 Å². The summed E-state index contributed by atoms with van der Waals surface area (Å²) in [4.78, 5) is 3.73. The Bertz CT molecular complexity index is 270. The van der Waals surface area contributed by atoms with Gasteiger partial charge in [0.2, 0.25) is 0 Å². The van der Waals surface area contributed by atoms with Crippen molar-refractivity contribution in [2.45, 2.75) is 26.2 Å². The Morgan fingerprint density at radius 1 is 1.62 bits per heavy atom. The molecule has 0 N–H and O–H groups in total. The van der Waals surface area contributed by atoms with Crippen LogP contribution in [0, 0.1) is 17.2 Å². The first kappa shape index (κ1) is 9.73. The van der Waals surface area contributed by atoms with Gasteiger partial charge in [-0.25, -0.2) is 0 Å². The molecule has 13 heavy (non-hydrogen) atoms. The zero-order valence-corrected chi connectivity index (χ0v) is 7.90. The van der Waals surface area contributed by atoms with Gasteiger partial charge in [-0.05, 0) is 18.1 Å². The van der Waals surface area contributed by atoms with E-state index in [4.69, 9.17) is 5.26 Å². The second-order valence-corrected chi connectivity index (χ2v) is 3.21. The Morgan fingerprint density at radius 2 is 2.38 bits per heavy atom. The third kappa shape index (κ3) is 4.27. The average Bonchev–Trinajstić information content (AvgIpc) is 3.03. The maximum atomic E-state index is 8.25. The lowest BCUT2D eigenvalue weighted by Gasteiger charge is -1.79. The van der Waals surface area contributed by atoms with E-state index < -0.39 is 0 Å². The van der Waals surface area contributed by atoms with Crippen molar-refractivity contribution in [1.29, 1.82) is 5.26 Å². The van der Waals surface area contributed by atoms with E-state index >= 15 is 0 Å². The molecule has 1 fully saturated rings. The van der Waals surface area contributed by atoms with Crippen LogP contribution in [0.15, 0.2) is 24.5 Å². The van der Waals surface area contributed by atoms with E-state index in [9.17, 15) is 0 Å². The molecule has 2 nitrogen and oxygen atoms in total. The molecule has 68 valence electrons. The molecule has 1 aromatic heterocycles. The van der Waals surface area contributed by atoms with Crippen molar-refractivity contribution in [2.75, 3.05) is 0 Å². The van der Waals surface area contributed by atoms with Gasteiger partial charge in [-0.3, -0.25) is 4.98 Å². The van der Waals surface area contributed by atoms with Crippen LogP contribution < -0.4 is 0 Å². The first-order valence-corrected chi connectivity index (χ1v) is 4.67. The highest BCUT2D eigenvalue weighted by molar-refractivity contribution is 5.23. The van der Waals surface area contributed by atoms with Gasteiger partial charge in [-0.2, -0.15) is 5.26 Å². The molecule has 1 aromatic rings. The quantitative estimate of drug-likeness (QED) is 0.656.